The van der Waals surface area contributed by atoms with E-state index in [-0.39, 0.29) is 11.8 Å². The van der Waals surface area contributed by atoms with Crippen LogP contribution in [0.4, 0.5) is 0 Å². The van der Waals surface area contributed by atoms with Crippen LogP contribution in [-0.4, -0.2) is 11.5 Å². The van der Waals surface area contributed by atoms with Crippen molar-refractivity contribution in [3.63, 3.8) is 0 Å². The van der Waals surface area contributed by atoms with Crippen LogP contribution in [-0.2, 0) is 0 Å². The monoisotopic (exact) mass is 435 g/mol. The van der Waals surface area contributed by atoms with Crippen molar-refractivity contribution >= 4 is 23.3 Å². The second kappa shape index (κ2) is 10.7. The zero-order valence-electron chi connectivity index (χ0n) is 18.0. The normalized spacial score (nSPS) is 11.5. The Hall–Kier alpha value is -3.43. The van der Waals surface area contributed by atoms with Crippen LogP contribution in [0, 0.1) is 0 Å². The second-order valence-corrected chi connectivity index (χ2v) is 8.57. The van der Waals surface area contributed by atoms with Crippen molar-refractivity contribution in [1.82, 2.24) is 0 Å². The molecule has 0 aliphatic carbocycles. The minimum Gasteiger partial charge on any atom is -0.287 e. The molecule has 4 rings (SSSR count). The smallest absolute Gasteiger partial charge is 0.206 e. The van der Waals surface area contributed by atoms with Crippen LogP contribution in [0.25, 0.3) is 0 Å². The number of rotatable bonds is 8. The first-order valence-corrected chi connectivity index (χ1v) is 11.6. The number of aliphatic imine (C=N–C) groups is 1. The van der Waals surface area contributed by atoms with Gasteiger partial charge in [-0.3, -0.25) is 9.79 Å². The van der Waals surface area contributed by atoms with Crippen molar-refractivity contribution in [2.24, 2.45) is 4.99 Å². The lowest BCUT2D eigenvalue weighted by molar-refractivity contribution is 0.106. The van der Waals surface area contributed by atoms with E-state index < -0.39 is 0 Å². The number of nitrogens with zero attached hydrogens (tertiary/aromatic N) is 1. The minimum absolute atomic E-state index is 0.0133. The van der Waals surface area contributed by atoms with Gasteiger partial charge in [-0.15, -0.1) is 0 Å². The molecule has 0 aromatic heterocycles. The molecule has 4 aromatic rings. The first kappa shape index (κ1) is 21.8. The third kappa shape index (κ3) is 5.43. The Balaban J connectivity index is 1.60. The Kier molecular flexibility index (Phi) is 7.31. The van der Waals surface area contributed by atoms with E-state index in [2.05, 4.69) is 36.4 Å². The molecule has 0 saturated heterocycles. The Morgan fingerprint density at radius 2 is 1.16 bits per heavy atom. The van der Waals surface area contributed by atoms with Gasteiger partial charge in [0.1, 0.15) is 6.04 Å². The van der Waals surface area contributed by atoms with Crippen molar-refractivity contribution in [2.75, 3.05) is 0 Å². The summed E-state index contributed by atoms with van der Waals surface area (Å²) in [5.41, 5.74) is 3.41. The van der Waals surface area contributed by atoms with E-state index >= 15 is 0 Å². The van der Waals surface area contributed by atoms with Gasteiger partial charge in [-0.2, -0.15) is 0 Å². The highest BCUT2D eigenvalue weighted by molar-refractivity contribution is 7.99. The fourth-order valence-corrected chi connectivity index (χ4v) is 4.38. The van der Waals surface area contributed by atoms with Crippen LogP contribution in [0.5, 0.6) is 0 Å². The third-order valence-corrected chi connectivity index (χ3v) is 6.22. The van der Waals surface area contributed by atoms with Crippen molar-refractivity contribution in [1.29, 1.82) is 0 Å². The Morgan fingerprint density at radius 3 is 1.66 bits per heavy atom. The molecule has 0 atom stereocenters. The van der Waals surface area contributed by atoms with Crippen molar-refractivity contribution in [3.8, 4) is 0 Å². The summed E-state index contributed by atoms with van der Waals surface area (Å²) in [6, 6.07) is 38.1. The Morgan fingerprint density at radius 1 is 0.688 bits per heavy atom. The summed E-state index contributed by atoms with van der Waals surface area (Å²) < 4.78 is 0. The van der Waals surface area contributed by atoms with Crippen molar-refractivity contribution in [3.05, 3.63) is 132 Å². The van der Waals surface area contributed by atoms with Crippen LogP contribution < -0.4 is 0 Å². The highest BCUT2D eigenvalue weighted by atomic mass is 32.2. The summed E-state index contributed by atoms with van der Waals surface area (Å²) in [6.07, 6.45) is 0.579. The SMILES string of the molecule is CCC(=NC(c1ccccc1)c1ccccc1)C(=O)c1ccc(Sc2ccccc2)cc1. The molecule has 0 saturated carbocycles. The van der Waals surface area contributed by atoms with Gasteiger partial charge in [0.05, 0.1) is 5.71 Å². The molecule has 0 heterocycles. The van der Waals surface area contributed by atoms with Gasteiger partial charge < -0.3 is 0 Å². The fraction of sp³-hybridized carbons (Fsp3) is 0.103. The van der Waals surface area contributed by atoms with Gasteiger partial charge in [0.15, 0.2) is 0 Å². The molecule has 32 heavy (non-hydrogen) atoms. The first-order chi connectivity index (χ1) is 15.7. The average Bonchev–Trinajstić information content (AvgIpc) is 2.86. The van der Waals surface area contributed by atoms with Crippen molar-refractivity contribution < 1.29 is 4.79 Å². The van der Waals surface area contributed by atoms with Gasteiger partial charge in [-0.1, -0.05) is 97.5 Å². The van der Waals surface area contributed by atoms with E-state index in [1.807, 2.05) is 85.8 Å². The minimum atomic E-state index is -0.204. The van der Waals surface area contributed by atoms with E-state index in [1.54, 1.807) is 11.8 Å². The molecular formula is C29H25NOS. The molecule has 0 fully saturated rings. The zero-order valence-corrected chi connectivity index (χ0v) is 18.8. The summed E-state index contributed by atoms with van der Waals surface area (Å²) in [5.74, 6) is -0.0133. The molecule has 0 bridgehead atoms. The van der Waals surface area contributed by atoms with Gasteiger partial charge in [0.25, 0.3) is 0 Å². The van der Waals surface area contributed by atoms with E-state index in [9.17, 15) is 4.79 Å². The quantitative estimate of drug-likeness (QED) is 0.210. The molecule has 0 N–H and O–H groups in total. The van der Waals surface area contributed by atoms with E-state index in [0.29, 0.717) is 17.7 Å². The number of carbonyl (C=O) groups excluding carboxylic acids is 1. The van der Waals surface area contributed by atoms with E-state index in [0.717, 1.165) is 16.0 Å². The van der Waals surface area contributed by atoms with E-state index in [1.165, 1.54) is 4.90 Å². The maximum absolute atomic E-state index is 13.3. The Bertz CT molecular complexity index is 1130. The molecule has 0 amide bonds. The highest BCUT2D eigenvalue weighted by Gasteiger charge is 2.18. The summed E-state index contributed by atoms with van der Waals surface area (Å²) in [5, 5.41) is 0. The van der Waals surface area contributed by atoms with Crippen LogP contribution in [0.1, 0.15) is 40.9 Å². The van der Waals surface area contributed by atoms with Crippen molar-refractivity contribution in [2.45, 2.75) is 29.2 Å². The molecule has 3 heteroatoms. The predicted molar refractivity (Wildman–Crippen MR) is 134 cm³/mol. The van der Waals surface area contributed by atoms with Gasteiger partial charge in [-0.25, -0.2) is 0 Å². The molecule has 0 spiro atoms. The van der Waals surface area contributed by atoms with Crippen LogP contribution >= 0.6 is 11.8 Å². The van der Waals surface area contributed by atoms with Gasteiger partial charge in [0, 0.05) is 15.4 Å². The van der Waals surface area contributed by atoms with E-state index in [4.69, 9.17) is 4.99 Å². The van der Waals surface area contributed by atoms with Crippen LogP contribution in [0.2, 0.25) is 0 Å². The zero-order chi connectivity index (χ0) is 22.2. The fourth-order valence-electron chi connectivity index (χ4n) is 3.54. The van der Waals surface area contributed by atoms with Crippen LogP contribution in [0.3, 0.4) is 0 Å². The van der Waals surface area contributed by atoms with Gasteiger partial charge in [-0.05, 0) is 53.9 Å². The summed E-state index contributed by atoms with van der Waals surface area (Å²) >= 11 is 1.69. The van der Waals surface area contributed by atoms with Gasteiger partial charge >= 0.3 is 0 Å². The predicted octanol–water partition coefficient (Wildman–Crippen LogP) is 7.66. The molecule has 0 radical (unpaired) electrons. The topological polar surface area (TPSA) is 29.4 Å². The lowest BCUT2D eigenvalue weighted by atomic mass is 9.98. The summed E-state index contributed by atoms with van der Waals surface area (Å²) in [7, 11) is 0. The maximum atomic E-state index is 13.3. The molecule has 0 aliphatic heterocycles. The lowest BCUT2D eigenvalue weighted by Crippen LogP contribution is -2.15. The molecule has 2 nitrogen and oxygen atoms in total. The average molecular weight is 436 g/mol. The standard InChI is InChI=1S/C29H25NOS/c1-2-27(30-28(22-12-6-3-7-13-22)23-14-8-4-9-15-23)29(31)24-18-20-26(21-19-24)32-25-16-10-5-11-17-25/h3-21,28H,2H2,1H3. The Labute approximate surface area is 194 Å². The first-order valence-electron chi connectivity index (χ1n) is 10.8. The highest BCUT2D eigenvalue weighted by Crippen LogP contribution is 2.29. The summed E-state index contributed by atoms with van der Waals surface area (Å²) in [4.78, 5) is 20.6. The number of carbonyl (C=O) groups is 1. The number of Topliss-reactive ketones (excluding diaryl/α,β-unsaturated/α-hetero) is 1. The summed E-state index contributed by atoms with van der Waals surface area (Å²) in [6.45, 7) is 1.99. The molecule has 4 aromatic carbocycles. The number of benzene rings is 4. The number of hydrogen-bond acceptors (Lipinski definition) is 3. The molecular weight excluding hydrogens is 410 g/mol. The molecule has 158 valence electrons. The molecule has 0 aliphatic rings. The lowest BCUT2D eigenvalue weighted by Gasteiger charge is -2.16. The van der Waals surface area contributed by atoms with Crippen LogP contribution in [0.15, 0.2) is 130 Å². The largest absolute Gasteiger partial charge is 0.287 e. The second-order valence-electron chi connectivity index (χ2n) is 7.42. The maximum Gasteiger partial charge on any atom is 0.206 e. The van der Waals surface area contributed by atoms with Gasteiger partial charge in [0.2, 0.25) is 5.78 Å². The number of hydrogen-bond donors (Lipinski definition) is 0. The molecule has 0 unspecified atom stereocenters. The number of ketones is 1. The third-order valence-electron chi connectivity index (χ3n) is 5.21.